The van der Waals surface area contributed by atoms with Gasteiger partial charge in [-0.3, -0.25) is 9.59 Å². The molecule has 1 aliphatic heterocycles. The molecule has 6 heteroatoms. The number of aromatic nitrogens is 1. The zero-order chi connectivity index (χ0) is 15.2. The normalized spacial score (nSPS) is 18.2. The van der Waals surface area contributed by atoms with E-state index < -0.39 is 0 Å². The van der Waals surface area contributed by atoms with E-state index in [9.17, 15) is 9.59 Å². The molecule has 1 fully saturated rings. The first-order valence-electron chi connectivity index (χ1n) is 7.21. The molecule has 114 valence electrons. The lowest BCUT2D eigenvalue weighted by Crippen LogP contribution is -2.42. The lowest BCUT2D eigenvalue weighted by atomic mass is 9.98. The predicted octanol–water partition coefficient (Wildman–Crippen LogP) is 1.01. The topological polar surface area (TPSA) is 80.3 Å². The smallest absolute Gasteiger partial charge is 0.225 e. The molecule has 21 heavy (non-hydrogen) atoms. The van der Waals surface area contributed by atoms with Gasteiger partial charge in [0, 0.05) is 31.3 Å². The second-order valence-electron chi connectivity index (χ2n) is 5.39. The largest absolute Gasteiger partial charge is 0.475 e. The Morgan fingerprint density at radius 1 is 1.57 bits per heavy atom. The van der Waals surface area contributed by atoms with E-state index >= 15 is 0 Å². The van der Waals surface area contributed by atoms with E-state index in [1.54, 1.807) is 6.20 Å². The molecule has 0 aliphatic carbocycles. The number of nitrogens with one attached hydrogen (secondary N) is 2. The number of amides is 2. The Kier molecular flexibility index (Phi) is 5.14. The van der Waals surface area contributed by atoms with Gasteiger partial charge in [0.05, 0.1) is 12.0 Å². The fraction of sp³-hybridized carbons (Fsp3) is 0.533. The van der Waals surface area contributed by atoms with Gasteiger partial charge < -0.3 is 15.4 Å². The van der Waals surface area contributed by atoms with Crippen molar-refractivity contribution in [2.75, 3.05) is 6.54 Å². The van der Waals surface area contributed by atoms with Crippen molar-refractivity contribution in [1.29, 1.82) is 0 Å². The van der Waals surface area contributed by atoms with Crippen LogP contribution in [0.2, 0.25) is 0 Å². The highest BCUT2D eigenvalue weighted by Crippen LogP contribution is 2.16. The number of nitrogens with zero attached hydrogens (tertiary/aromatic N) is 1. The zero-order valence-electron chi connectivity index (χ0n) is 12.4. The van der Waals surface area contributed by atoms with Crippen molar-refractivity contribution >= 4 is 11.8 Å². The number of carbonyl (C=O) groups excluding carboxylic acids is 2. The Labute approximate surface area is 124 Å². The molecular formula is C15H21N3O3. The number of rotatable bonds is 5. The van der Waals surface area contributed by atoms with Gasteiger partial charge in [0.1, 0.15) is 0 Å². The van der Waals surface area contributed by atoms with Gasteiger partial charge in [0.25, 0.3) is 0 Å². The molecule has 2 amide bonds. The summed E-state index contributed by atoms with van der Waals surface area (Å²) in [6.07, 6.45) is 2.70. The summed E-state index contributed by atoms with van der Waals surface area (Å²) >= 11 is 0. The van der Waals surface area contributed by atoms with Crippen LogP contribution in [0, 0.1) is 5.92 Å². The SMILES string of the molecule is CC(C)Oc1ncccc1CNC(=O)C1CCC(=O)NC1. The van der Waals surface area contributed by atoms with Gasteiger partial charge in [-0.05, 0) is 26.3 Å². The van der Waals surface area contributed by atoms with E-state index in [2.05, 4.69) is 15.6 Å². The highest BCUT2D eigenvalue weighted by Gasteiger charge is 2.24. The molecule has 1 aromatic heterocycles. The van der Waals surface area contributed by atoms with Crippen molar-refractivity contribution in [2.45, 2.75) is 39.3 Å². The summed E-state index contributed by atoms with van der Waals surface area (Å²) in [5.74, 6) is 0.354. The zero-order valence-corrected chi connectivity index (χ0v) is 12.4. The second-order valence-corrected chi connectivity index (χ2v) is 5.39. The first-order chi connectivity index (χ1) is 10.1. The molecule has 1 aliphatic rings. The monoisotopic (exact) mass is 291 g/mol. The molecule has 0 spiro atoms. The number of pyridine rings is 1. The highest BCUT2D eigenvalue weighted by atomic mass is 16.5. The van der Waals surface area contributed by atoms with Crippen LogP contribution in [0.1, 0.15) is 32.3 Å². The first-order valence-corrected chi connectivity index (χ1v) is 7.21. The molecule has 2 N–H and O–H groups in total. The van der Waals surface area contributed by atoms with E-state index in [0.717, 1.165) is 5.56 Å². The van der Waals surface area contributed by atoms with Crippen molar-refractivity contribution in [3.63, 3.8) is 0 Å². The molecule has 2 heterocycles. The maximum Gasteiger partial charge on any atom is 0.225 e. The number of ether oxygens (including phenoxy) is 1. The Morgan fingerprint density at radius 3 is 3.05 bits per heavy atom. The Balaban J connectivity index is 1.90. The quantitative estimate of drug-likeness (QED) is 0.848. The minimum atomic E-state index is -0.158. The van der Waals surface area contributed by atoms with E-state index in [4.69, 9.17) is 4.74 Å². The molecule has 6 nitrogen and oxygen atoms in total. The molecule has 1 unspecified atom stereocenters. The average Bonchev–Trinajstić information content (AvgIpc) is 2.46. The number of carbonyl (C=O) groups is 2. The lowest BCUT2D eigenvalue weighted by Gasteiger charge is -2.21. The fourth-order valence-electron chi connectivity index (χ4n) is 2.17. The second kappa shape index (κ2) is 7.06. The van der Waals surface area contributed by atoms with E-state index in [1.807, 2.05) is 26.0 Å². The third-order valence-electron chi connectivity index (χ3n) is 3.29. The van der Waals surface area contributed by atoms with Gasteiger partial charge in [0.15, 0.2) is 0 Å². The van der Waals surface area contributed by atoms with Crippen LogP contribution in [-0.4, -0.2) is 29.4 Å². The van der Waals surface area contributed by atoms with Crippen molar-refractivity contribution in [1.82, 2.24) is 15.6 Å². The van der Waals surface area contributed by atoms with Crippen LogP contribution in [0.25, 0.3) is 0 Å². The standard InChI is InChI=1S/C15H21N3O3/c1-10(2)21-15-12(4-3-7-16-15)9-18-14(20)11-5-6-13(19)17-8-11/h3-4,7,10-11H,5-6,8-9H2,1-2H3,(H,17,19)(H,18,20). The van der Waals surface area contributed by atoms with E-state index in [1.165, 1.54) is 0 Å². The molecule has 2 rings (SSSR count). The van der Waals surface area contributed by atoms with Crippen LogP contribution < -0.4 is 15.4 Å². The summed E-state index contributed by atoms with van der Waals surface area (Å²) in [5, 5.41) is 5.60. The number of hydrogen-bond donors (Lipinski definition) is 2. The van der Waals surface area contributed by atoms with E-state index in [-0.39, 0.29) is 23.8 Å². The molecule has 1 saturated heterocycles. The minimum Gasteiger partial charge on any atom is -0.475 e. The number of piperidine rings is 1. The van der Waals surface area contributed by atoms with Crippen molar-refractivity contribution in [3.8, 4) is 5.88 Å². The average molecular weight is 291 g/mol. The third kappa shape index (κ3) is 4.44. The number of hydrogen-bond acceptors (Lipinski definition) is 4. The minimum absolute atomic E-state index is 0.0129. The van der Waals surface area contributed by atoms with Crippen LogP contribution in [0.15, 0.2) is 18.3 Å². The van der Waals surface area contributed by atoms with Crippen LogP contribution in [-0.2, 0) is 16.1 Å². The third-order valence-corrected chi connectivity index (χ3v) is 3.29. The van der Waals surface area contributed by atoms with Crippen LogP contribution in [0.4, 0.5) is 0 Å². The molecule has 1 aromatic rings. The Morgan fingerprint density at radius 2 is 2.38 bits per heavy atom. The Hall–Kier alpha value is -2.11. The van der Waals surface area contributed by atoms with Gasteiger partial charge in [-0.2, -0.15) is 0 Å². The maximum atomic E-state index is 12.1. The summed E-state index contributed by atoms with van der Waals surface area (Å²) in [5.41, 5.74) is 0.847. The van der Waals surface area contributed by atoms with Crippen molar-refractivity contribution < 1.29 is 14.3 Å². The van der Waals surface area contributed by atoms with Gasteiger partial charge in [0.2, 0.25) is 17.7 Å². The van der Waals surface area contributed by atoms with Crippen molar-refractivity contribution in [3.05, 3.63) is 23.9 Å². The molecule has 1 atom stereocenters. The fourth-order valence-corrected chi connectivity index (χ4v) is 2.17. The first kappa shape index (κ1) is 15.3. The molecule has 0 radical (unpaired) electrons. The summed E-state index contributed by atoms with van der Waals surface area (Å²) in [6, 6.07) is 3.70. The molecule has 0 bridgehead atoms. The predicted molar refractivity (Wildman–Crippen MR) is 77.6 cm³/mol. The maximum absolute atomic E-state index is 12.1. The Bertz CT molecular complexity index is 507. The summed E-state index contributed by atoms with van der Waals surface area (Å²) in [4.78, 5) is 27.4. The summed E-state index contributed by atoms with van der Waals surface area (Å²) < 4.78 is 5.62. The molecular weight excluding hydrogens is 270 g/mol. The van der Waals surface area contributed by atoms with Crippen molar-refractivity contribution in [2.24, 2.45) is 5.92 Å². The summed E-state index contributed by atoms with van der Waals surface area (Å²) in [6.45, 7) is 4.65. The summed E-state index contributed by atoms with van der Waals surface area (Å²) in [7, 11) is 0. The van der Waals surface area contributed by atoms with Crippen LogP contribution in [0.5, 0.6) is 5.88 Å². The van der Waals surface area contributed by atoms with Gasteiger partial charge in [-0.1, -0.05) is 6.07 Å². The van der Waals surface area contributed by atoms with Gasteiger partial charge in [-0.15, -0.1) is 0 Å². The molecule has 0 saturated carbocycles. The van der Waals surface area contributed by atoms with Gasteiger partial charge >= 0.3 is 0 Å². The van der Waals surface area contributed by atoms with E-state index in [0.29, 0.717) is 31.8 Å². The van der Waals surface area contributed by atoms with Crippen LogP contribution in [0.3, 0.4) is 0 Å². The lowest BCUT2D eigenvalue weighted by molar-refractivity contribution is -0.129. The van der Waals surface area contributed by atoms with Gasteiger partial charge in [-0.25, -0.2) is 4.98 Å². The van der Waals surface area contributed by atoms with Crippen LogP contribution >= 0.6 is 0 Å². The highest BCUT2D eigenvalue weighted by molar-refractivity contribution is 5.83. The molecule has 0 aromatic carbocycles.